The molecular formula is C28H26BrN5O. The number of anilines is 2. The predicted octanol–water partition coefficient (Wildman–Crippen LogP) is 4.31. The molecule has 1 aromatic carbocycles. The summed E-state index contributed by atoms with van der Waals surface area (Å²) in [5.41, 5.74) is 4.93. The molecule has 0 bridgehead atoms. The van der Waals surface area contributed by atoms with Crippen molar-refractivity contribution in [3.8, 4) is 17.1 Å². The van der Waals surface area contributed by atoms with Gasteiger partial charge in [0.15, 0.2) is 0 Å². The predicted molar refractivity (Wildman–Crippen MR) is 142 cm³/mol. The van der Waals surface area contributed by atoms with Crippen LogP contribution in [0.5, 0.6) is 0 Å². The van der Waals surface area contributed by atoms with E-state index in [1.807, 2.05) is 18.3 Å². The summed E-state index contributed by atoms with van der Waals surface area (Å²) in [6.45, 7) is 1.51. The van der Waals surface area contributed by atoms with Crippen LogP contribution in [-0.4, -0.2) is 33.8 Å². The van der Waals surface area contributed by atoms with Gasteiger partial charge in [0.1, 0.15) is 0 Å². The van der Waals surface area contributed by atoms with Gasteiger partial charge in [-0.3, -0.25) is 9.98 Å². The first-order valence-corrected chi connectivity index (χ1v) is 12.9. The Morgan fingerprint density at radius 3 is 2.66 bits per heavy atom. The first kappa shape index (κ1) is 22.2. The van der Waals surface area contributed by atoms with Crippen LogP contribution in [0, 0.1) is 0 Å². The molecule has 176 valence electrons. The fourth-order valence-electron chi connectivity index (χ4n) is 4.73. The number of ether oxygens (including phenoxy) is 1. The molecule has 0 spiro atoms. The number of pyridine rings is 1. The third-order valence-electron chi connectivity index (χ3n) is 6.46. The van der Waals surface area contributed by atoms with Gasteiger partial charge in [-0.1, -0.05) is 28.1 Å². The van der Waals surface area contributed by atoms with Crippen molar-refractivity contribution in [3.05, 3.63) is 81.5 Å². The Balaban J connectivity index is 1.62. The molecule has 7 heteroatoms. The lowest BCUT2D eigenvalue weighted by Crippen LogP contribution is -2.40. The van der Waals surface area contributed by atoms with Crippen molar-refractivity contribution >= 4 is 39.5 Å². The second-order valence-corrected chi connectivity index (χ2v) is 9.79. The third-order valence-corrected chi connectivity index (χ3v) is 6.99. The highest BCUT2D eigenvalue weighted by atomic mass is 79.9. The minimum atomic E-state index is 0.238. The molecule has 0 atom stereocenters. The van der Waals surface area contributed by atoms with E-state index in [1.165, 1.54) is 0 Å². The summed E-state index contributed by atoms with van der Waals surface area (Å²) in [5.74, 6) is 0. The fraction of sp³-hybridized carbons (Fsp3) is 0.250. The molecule has 6 rings (SSSR count). The molecule has 0 amide bonds. The molecule has 2 aromatic rings. The van der Waals surface area contributed by atoms with Crippen LogP contribution < -0.4 is 21.4 Å². The molecule has 4 aliphatic rings. The lowest BCUT2D eigenvalue weighted by molar-refractivity contribution is 0.0864. The molecule has 2 aliphatic carbocycles. The summed E-state index contributed by atoms with van der Waals surface area (Å²) in [7, 11) is 0. The van der Waals surface area contributed by atoms with E-state index in [-0.39, 0.29) is 6.04 Å². The molecule has 2 aliphatic heterocycles. The van der Waals surface area contributed by atoms with Crippen LogP contribution in [0.3, 0.4) is 0 Å². The molecule has 6 nitrogen and oxygen atoms in total. The number of rotatable bonds is 4. The summed E-state index contributed by atoms with van der Waals surface area (Å²) in [4.78, 5) is 14.5. The van der Waals surface area contributed by atoms with Crippen LogP contribution in [-0.2, 0) is 4.74 Å². The van der Waals surface area contributed by atoms with Gasteiger partial charge < -0.3 is 14.6 Å². The maximum atomic E-state index is 5.57. The van der Waals surface area contributed by atoms with Crippen molar-refractivity contribution in [1.82, 2.24) is 14.5 Å². The largest absolute Gasteiger partial charge is 0.381 e. The normalized spacial score (nSPS) is 16.4. The molecule has 35 heavy (non-hydrogen) atoms. The van der Waals surface area contributed by atoms with Gasteiger partial charge in [0.25, 0.3) is 0 Å². The van der Waals surface area contributed by atoms with Gasteiger partial charge in [0, 0.05) is 29.6 Å². The molecule has 1 fully saturated rings. The monoisotopic (exact) mass is 527 g/mol. The van der Waals surface area contributed by atoms with Gasteiger partial charge in [0.05, 0.1) is 51.1 Å². The highest BCUT2D eigenvalue weighted by molar-refractivity contribution is 9.10. The minimum absolute atomic E-state index is 0.238. The molecule has 1 saturated heterocycles. The van der Waals surface area contributed by atoms with E-state index in [4.69, 9.17) is 14.7 Å². The van der Waals surface area contributed by atoms with Crippen LogP contribution >= 0.6 is 15.9 Å². The van der Waals surface area contributed by atoms with Gasteiger partial charge in [-0.15, -0.1) is 0 Å². The molecule has 0 saturated carbocycles. The Hall–Kier alpha value is -3.29. The zero-order valence-electron chi connectivity index (χ0n) is 19.3. The topological polar surface area (TPSA) is 64.3 Å². The lowest BCUT2D eigenvalue weighted by Gasteiger charge is -2.21. The van der Waals surface area contributed by atoms with Gasteiger partial charge in [-0.25, -0.2) is 4.98 Å². The SMILES string of the molecule is Brc1ccc(-n2c3c/c(=N\C4CCOCC4)c(Nc4cccnc4)cc-3nc3c2=CCCC=3)cc1. The number of hydrogen-bond acceptors (Lipinski definition) is 5. The summed E-state index contributed by atoms with van der Waals surface area (Å²) in [5, 5.41) is 6.63. The number of benzene rings is 2. The van der Waals surface area contributed by atoms with E-state index in [1.54, 1.807) is 6.20 Å². The molecule has 0 unspecified atom stereocenters. The van der Waals surface area contributed by atoms with Crippen LogP contribution in [0.2, 0.25) is 0 Å². The number of fused-ring (bicyclic) bond motifs is 2. The average Bonchev–Trinajstić information content (AvgIpc) is 2.90. The van der Waals surface area contributed by atoms with Gasteiger partial charge in [-0.2, -0.15) is 0 Å². The molecule has 1 aromatic heterocycles. The third kappa shape index (κ3) is 4.66. The van der Waals surface area contributed by atoms with Gasteiger partial charge in [0.2, 0.25) is 0 Å². The second-order valence-electron chi connectivity index (χ2n) is 8.88. The highest BCUT2D eigenvalue weighted by Gasteiger charge is 2.18. The van der Waals surface area contributed by atoms with Gasteiger partial charge >= 0.3 is 0 Å². The van der Waals surface area contributed by atoms with Crippen molar-refractivity contribution < 1.29 is 4.74 Å². The zero-order chi connectivity index (χ0) is 23.6. The number of nitrogens with zero attached hydrogens (tertiary/aromatic N) is 4. The van der Waals surface area contributed by atoms with Crippen LogP contribution in [0.4, 0.5) is 11.4 Å². The number of aromatic nitrogens is 3. The van der Waals surface area contributed by atoms with E-state index in [0.29, 0.717) is 0 Å². The summed E-state index contributed by atoms with van der Waals surface area (Å²) in [6, 6.07) is 16.9. The zero-order valence-corrected chi connectivity index (χ0v) is 20.9. The van der Waals surface area contributed by atoms with Crippen LogP contribution in [0.15, 0.2) is 70.4 Å². The fourth-order valence-corrected chi connectivity index (χ4v) is 4.99. The quantitative estimate of drug-likeness (QED) is 0.429. The Labute approximate surface area is 212 Å². The minimum Gasteiger partial charge on any atom is -0.381 e. The average molecular weight is 528 g/mol. The van der Waals surface area contributed by atoms with Crippen LogP contribution in [0.25, 0.3) is 29.2 Å². The lowest BCUT2D eigenvalue weighted by atomic mass is 10.1. The Morgan fingerprint density at radius 1 is 1.03 bits per heavy atom. The summed E-state index contributed by atoms with van der Waals surface area (Å²) < 4.78 is 8.95. The molecule has 0 radical (unpaired) electrons. The Bertz CT molecular complexity index is 1510. The van der Waals surface area contributed by atoms with Crippen molar-refractivity contribution in [2.45, 2.75) is 31.7 Å². The summed E-state index contributed by atoms with van der Waals surface area (Å²) >= 11 is 3.58. The van der Waals surface area contributed by atoms with E-state index in [9.17, 15) is 0 Å². The van der Waals surface area contributed by atoms with E-state index in [2.05, 4.69) is 79.3 Å². The van der Waals surface area contributed by atoms with Crippen LogP contribution in [0.1, 0.15) is 25.7 Å². The van der Waals surface area contributed by atoms with Crippen molar-refractivity contribution in [1.29, 1.82) is 0 Å². The summed E-state index contributed by atoms with van der Waals surface area (Å²) in [6.07, 6.45) is 12.0. The number of nitrogens with one attached hydrogen (secondary N) is 1. The maximum absolute atomic E-state index is 5.57. The smallest absolute Gasteiger partial charge is 0.0900 e. The number of halogens is 1. The van der Waals surface area contributed by atoms with Crippen molar-refractivity contribution in [3.63, 3.8) is 0 Å². The molecule has 3 heterocycles. The van der Waals surface area contributed by atoms with Crippen molar-refractivity contribution in [2.75, 3.05) is 18.5 Å². The Kier molecular flexibility index (Phi) is 6.19. The molecular weight excluding hydrogens is 502 g/mol. The number of hydrogen-bond donors (Lipinski definition) is 1. The highest BCUT2D eigenvalue weighted by Crippen LogP contribution is 2.25. The van der Waals surface area contributed by atoms with Gasteiger partial charge in [-0.05, 0) is 74.2 Å². The Morgan fingerprint density at radius 2 is 1.86 bits per heavy atom. The van der Waals surface area contributed by atoms with Crippen molar-refractivity contribution in [2.24, 2.45) is 4.99 Å². The second kappa shape index (κ2) is 9.76. The van der Waals surface area contributed by atoms with E-state index < -0.39 is 0 Å². The maximum Gasteiger partial charge on any atom is 0.0900 e. The first-order valence-electron chi connectivity index (χ1n) is 12.1. The van der Waals surface area contributed by atoms with E-state index >= 15 is 0 Å². The standard InChI is InChI=1S/C28H26BrN5O/c29-19-7-9-22(10-8-19)34-27-6-2-1-5-23(27)33-26-16-24(32-21-4-3-13-30-18-21)25(17-28(26)34)31-20-11-14-35-15-12-20/h3-10,13,16-18,20,32H,1-2,11-12,14-15H2/b31-25+. The first-order chi connectivity index (χ1) is 17.2. The van der Waals surface area contributed by atoms with E-state index in [0.717, 1.165) is 87.9 Å². The molecule has 1 N–H and O–H groups in total.